The number of nitrogen functional groups attached to an aromatic ring is 1. The van der Waals surface area contributed by atoms with Crippen LogP contribution in [0.1, 0.15) is 12.8 Å². The second kappa shape index (κ2) is 12.5. The Morgan fingerprint density at radius 3 is 2.36 bits per heavy atom. The van der Waals surface area contributed by atoms with Crippen LogP contribution >= 0.6 is 11.3 Å². The van der Waals surface area contributed by atoms with Crippen molar-refractivity contribution in [3.63, 3.8) is 0 Å². The van der Waals surface area contributed by atoms with E-state index in [1.165, 1.54) is 11.3 Å². The number of piperidine rings is 1. The number of benzene rings is 2. The van der Waals surface area contributed by atoms with E-state index in [0.717, 1.165) is 74.1 Å². The molecule has 2 aromatic heterocycles. The van der Waals surface area contributed by atoms with E-state index in [9.17, 15) is 0 Å². The maximum Gasteiger partial charge on any atom is 0.227 e. The number of nitrogens with zero attached hydrogens (tertiary/aromatic N) is 7. The second-order valence-electron chi connectivity index (χ2n) is 10.7. The summed E-state index contributed by atoms with van der Waals surface area (Å²) in [6, 6.07) is 14.1. The van der Waals surface area contributed by atoms with E-state index in [1.807, 2.05) is 42.5 Å². The number of nitrogens with two attached hydrogens (primary N) is 1. The Kier molecular flexibility index (Phi) is 8.36. The van der Waals surface area contributed by atoms with Crippen LogP contribution in [0.25, 0.3) is 21.3 Å². The van der Waals surface area contributed by atoms with Crippen LogP contribution in [0.4, 0.5) is 23.0 Å². The standard InChI is InChI=1S/C30H37N9O2S/c1-37-14-16-38(17-15-37)21-9-12-39(13-10-21)26-19-27(41-3)25(18-23(26)31)34-30-32-11-8-24(33-30)29-36-35-28(42-29)20-4-6-22(40-2)7-5-20/h4-8,11,18-19,21H,9-10,12-17,31H2,1-3H3,(H,32,33,34). The molecular weight excluding hydrogens is 550 g/mol. The van der Waals surface area contributed by atoms with Crippen LogP contribution in [0.2, 0.25) is 0 Å². The minimum atomic E-state index is 0.423. The largest absolute Gasteiger partial charge is 0.497 e. The number of likely N-dealkylation sites (N-methyl/N-ethyl adjacent to an activating group) is 1. The molecule has 2 fully saturated rings. The normalized spacial score (nSPS) is 16.9. The molecule has 42 heavy (non-hydrogen) atoms. The van der Waals surface area contributed by atoms with Gasteiger partial charge in [-0.15, -0.1) is 10.2 Å². The molecule has 0 radical (unpaired) electrons. The highest BCUT2D eigenvalue weighted by atomic mass is 32.1. The topological polar surface area (TPSA) is 118 Å². The summed E-state index contributed by atoms with van der Waals surface area (Å²) in [5, 5.41) is 13.5. The summed E-state index contributed by atoms with van der Waals surface area (Å²) < 4.78 is 11.0. The second-order valence-corrected chi connectivity index (χ2v) is 11.7. The summed E-state index contributed by atoms with van der Waals surface area (Å²) in [5.74, 6) is 1.91. The van der Waals surface area contributed by atoms with Gasteiger partial charge < -0.3 is 30.3 Å². The quantitative estimate of drug-likeness (QED) is 0.289. The molecule has 0 atom stereocenters. The van der Waals surface area contributed by atoms with Gasteiger partial charge in [-0.3, -0.25) is 4.90 Å². The van der Waals surface area contributed by atoms with Crippen LogP contribution in [-0.4, -0.2) is 96.5 Å². The fraction of sp³-hybridized carbons (Fsp3) is 0.400. The van der Waals surface area contributed by atoms with Crippen molar-refractivity contribution in [1.29, 1.82) is 0 Å². The van der Waals surface area contributed by atoms with Crippen molar-refractivity contribution in [2.24, 2.45) is 0 Å². The van der Waals surface area contributed by atoms with Gasteiger partial charge in [-0.2, -0.15) is 0 Å². The fourth-order valence-corrected chi connectivity index (χ4v) is 6.44. The lowest BCUT2D eigenvalue weighted by molar-refractivity contribution is 0.0982. The number of nitrogens with one attached hydrogen (secondary N) is 1. The predicted octanol–water partition coefficient (Wildman–Crippen LogP) is 4.22. The molecule has 0 amide bonds. The molecule has 220 valence electrons. The van der Waals surface area contributed by atoms with E-state index < -0.39 is 0 Å². The predicted molar refractivity (Wildman–Crippen MR) is 168 cm³/mol. The van der Waals surface area contributed by atoms with Gasteiger partial charge in [-0.25, -0.2) is 9.97 Å². The van der Waals surface area contributed by atoms with Crippen LogP contribution in [0.3, 0.4) is 0 Å². The summed E-state index contributed by atoms with van der Waals surface area (Å²) >= 11 is 1.47. The Hall–Kier alpha value is -4.00. The van der Waals surface area contributed by atoms with Crippen LogP contribution < -0.4 is 25.4 Å². The Balaban J connectivity index is 1.14. The van der Waals surface area contributed by atoms with E-state index in [2.05, 4.69) is 42.2 Å². The van der Waals surface area contributed by atoms with Gasteiger partial charge in [0.1, 0.15) is 22.2 Å². The fourth-order valence-electron chi connectivity index (χ4n) is 5.62. The molecule has 12 heteroatoms. The van der Waals surface area contributed by atoms with E-state index in [0.29, 0.717) is 39.8 Å². The number of ether oxygens (including phenoxy) is 2. The molecule has 0 spiro atoms. The molecule has 0 unspecified atom stereocenters. The third-order valence-corrected chi connectivity index (χ3v) is 9.09. The van der Waals surface area contributed by atoms with Gasteiger partial charge in [-0.05, 0) is 56.3 Å². The third kappa shape index (κ3) is 6.10. The number of hydrogen-bond acceptors (Lipinski definition) is 12. The molecule has 4 aromatic rings. The van der Waals surface area contributed by atoms with E-state index in [4.69, 9.17) is 20.2 Å². The average molecular weight is 588 g/mol. The molecule has 2 aliphatic rings. The highest BCUT2D eigenvalue weighted by molar-refractivity contribution is 7.17. The van der Waals surface area contributed by atoms with Gasteiger partial charge in [0.05, 0.1) is 31.3 Å². The van der Waals surface area contributed by atoms with E-state index in [1.54, 1.807) is 20.4 Å². The molecular formula is C30H37N9O2S. The van der Waals surface area contributed by atoms with Gasteiger partial charge >= 0.3 is 0 Å². The molecule has 6 rings (SSSR count). The first-order valence-electron chi connectivity index (χ1n) is 14.2. The zero-order valence-electron chi connectivity index (χ0n) is 24.3. The molecule has 0 aliphatic carbocycles. The van der Waals surface area contributed by atoms with Gasteiger partial charge in [-0.1, -0.05) is 11.3 Å². The molecule has 11 nitrogen and oxygen atoms in total. The van der Waals surface area contributed by atoms with Crippen molar-refractivity contribution >= 4 is 34.3 Å². The number of hydrogen-bond donors (Lipinski definition) is 2. The van der Waals surface area contributed by atoms with Gasteiger partial charge in [0.15, 0.2) is 5.01 Å². The minimum absolute atomic E-state index is 0.423. The third-order valence-electron chi connectivity index (χ3n) is 8.09. The highest BCUT2D eigenvalue weighted by Crippen LogP contribution is 2.38. The Labute approximate surface area is 250 Å². The first-order valence-corrected chi connectivity index (χ1v) is 15.1. The summed E-state index contributed by atoms with van der Waals surface area (Å²) in [4.78, 5) is 16.6. The summed E-state index contributed by atoms with van der Waals surface area (Å²) in [7, 11) is 5.52. The van der Waals surface area contributed by atoms with Crippen molar-refractivity contribution in [3.05, 3.63) is 48.7 Å². The zero-order chi connectivity index (χ0) is 29.1. The maximum atomic E-state index is 6.60. The summed E-state index contributed by atoms with van der Waals surface area (Å²) in [6.07, 6.45) is 3.98. The van der Waals surface area contributed by atoms with E-state index >= 15 is 0 Å². The number of rotatable bonds is 8. The molecule has 3 N–H and O–H groups in total. The van der Waals surface area contributed by atoms with Crippen LogP contribution in [0.5, 0.6) is 11.5 Å². The Morgan fingerprint density at radius 1 is 0.905 bits per heavy atom. The molecule has 0 saturated carbocycles. The molecule has 2 aliphatic heterocycles. The van der Waals surface area contributed by atoms with Gasteiger partial charge in [0.2, 0.25) is 5.95 Å². The van der Waals surface area contributed by atoms with E-state index in [-0.39, 0.29) is 0 Å². The lowest BCUT2D eigenvalue weighted by Gasteiger charge is -2.42. The van der Waals surface area contributed by atoms with Gasteiger partial charge in [0.25, 0.3) is 0 Å². The lowest BCUT2D eigenvalue weighted by Crippen LogP contribution is -2.52. The zero-order valence-corrected chi connectivity index (χ0v) is 25.1. The first-order chi connectivity index (χ1) is 20.5. The van der Waals surface area contributed by atoms with Crippen molar-refractivity contribution in [1.82, 2.24) is 30.0 Å². The monoisotopic (exact) mass is 587 g/mol. The van der Waals surface area contributed by atoms with Crippen LogP contribution in [-0.2, 0) is 0 Å². The van der Waals surface area contributed by atoms with Crippen LogP contribution in [0, 0.1) is 0 Å². The minimum Gasteiger partial charge on any atom is -0.497 e. The molecule has 2 saturated heterocycles. The first kappa shape index (κ1) is 28.1. The molecule has 4 heterocycles. The van der Waals surface area contributed by atoms with Crippen molar-refractivity contribution in [2.75, 3.05) is 76.5 Å². The SMILES string of the molecule is COc1ccc(-c2nnc(-c3ccnc(Nc4cc(N)c(N5CCC(N6CCN(C)CC6)CC5)cc4OC)n3)s2)cc1. The van der Waals surface area contributed by atoms with Crippen molar-refractivity contribution in [3.8, 4) is 32.8 Å². The molecule has 2 aromatic carbocycles. The van der Waals surface area contributed by atoms with Gasteiger partial charge in [0, 0.05) is 63.1 Å². The smallest absolute Gasteiger partial charge is 0.227 e. The van der Waals surface area contributed by atoms with Crippen molar-refractivity contribution in [2.45, 2.75) is 18.9 Å². The maximum absolute atomic E-state index is 6.60. The Morgan fingerprint density at radius 2 is 1.64 bits per heavy atom. The lowest BCUT2D eigenvalue weighted by atomic mass is 10.0. The number of methoxy groups -OCH3 is 2. The highest BCUT2D eigenvalue weighted by Gasteiger charge is 2.28. The average Bonchev–Trinajstić information content (AvgIpc) is 3.53. The summed E-state index contributed by atoms with van der Waals surface area (Å²) in [5.41, 5.74) is 10.7. The number of aromatic nitrogens is 4. The van der Waals surface area contributed by atoms with Crippen LogP contribution in [0.15, 0.2) is 48.7 Å². The Bertz CT molecular complexity index is 1500. The number of piperazine rings is 1. The number of anilines is 4. The molecule has 0 bridgehead atoms. The summed E-state index contributed by atoms with van der Waals surface area (Å²) in [6.45, 7) is 6.56. The van der Waals surface area contributed by atoms with Crippen molar-refractivity contribution < 1.29 is 9.47 Å².